The molecule has 0 aromatic heterocycles. The molecule has 8 heteroatoms. The number of hydrogen-bond donors (Lipinski definition) is 2. The summed E-state index contributed by atoms with van der Waals surface area (Å²) in [4.78, 5) is 24.7. The summed E-state index contributed by atoms with van der Waals surface area (Å²) in [5, 5.41) is 5.33. The van der Waals surface area contributed by atoms with E-state index in [1.54, 1.807) is 48.5 Å². The molecule has 0 fully saturated rings. The van der Waals surface area contributed by atoms with Gasteiger partial charge in [0, 0.05) is 11.4 Å². The van der Waals surface area contributed by atoms with Crippen molar-refractivity contribution in [2.45, 2.75) is 6.61 Å². The van der Waals surface area contributed by atoms with Crippen LogP contribution in [-0.2, 0) is 4.79 Å². The molecule has 0 aliphatic heterocycles. The van der Waals surface area contributed by atoms with Gasteiger partial charge < -0.3 is 20.1 Å². The van der Waals surface area contributed by atoms with Crippen LogP contribution < -0.4 is 20.1 Å². The Morgan fingerprint density at radius 1 is 0.800 bits per heavy atom. The van der Waals surface area contributed by atoms with Gasteiger partial charge in [0.25, 0.3) is 11.8 Å². The predicted molar refractivity (Wildman–Crippen MR) is 108 cm³/mol. The summed E-state index contributed by atoms with van der Waals surface area (Å²) in [7, 11) is 0. The molecule has 0 saturated carbocycles. The summed E-state index contributed by atoms with van der Waals surface area (Å²) in [5.41, 5.74) is 1.30. The number of amides is 2. The number of anilines is 2. The molecule has 3 aromatic rings. The number of halogens is 2. The van der Waals surface area contributed by atoms with Crippen molar-refractivity contribution in [2.24, 2.45) is 0 Å². The number of alkyl halides is 2. The Hall–Kier alpha value is -3.94. The smallest absolute Gasteiger partial charge is 0.387 e. The normalized spacial score (nSPS) is 10.4. The number of para-hydroxylation sites is 2. The van der Waals surface area contributed by atoms with Crippen molar-refractivity contribution in [3.05, 3.63) is 84.4 Å². The molecular formula is C22H18F2N2O4. The summed E-state index contributed by atoms with van der Waals surface area (Å²) in [5.74, 6) is -0.609. The minimum absolute atomic E-state index is 0.0161. The highest BCUT2D eigenvalue weighted by molar-refractivity contribution is 6.06. The molecule has 0 saturated heterocycles. The van der Waals surface area contributed by atoms with Gasteiger partial charge in [-0.05, 0) is 48.5 Å². The maximum atomic E-state index is 12.5. The first-order valence-corrected chi connectivity index (χ1v) is 8.94. The Labute approximate surface area is 171 Å². The lowest BCUT2D eigenvalue weighted by atomic mass is 10.2. The third-order valence-electron chi connectivity index (χ3n) is 3.89. The number of carbonyl (C=O) groups excluding carboxylic acids is 2. The van der Waals surface area contributed by atoms with Crippen molar-refractivity contribution in [3.63, 3.8) is 0 Å². The van der Waals surface area contributed by atoms with E-state index in [0.29, 0.717) is 11.4 Å². The van der Waals surface area contributed by atoms with Crippen molar-refractivity contribution in [3.8, 4) is 11.5 Å². The third kappa shape index (κ3) is 6.03. The van der Waals surface area contributed by atoms with Crippen LogP contribution in [0.5, 0.6) is 11.5 Å². The number of benzene rings is 3. The van der Waals surface area contributed by atoms with Gasteiger partial charge in [-0.2, -0.15) is 8.78 Å². The molecule has 0 heterocycles. The van der Waals surface area contributed by atoms with Gasteiger partial charge in [0.05, 0.1) is 5.56 Å². The topological polar surface area (TPSA) is 76.7 Å². The molecule has 0 radical (unpaired) electrons. The van der Waals surface area contributed by atoms with E-state index in [2.05, 4.69) is 15.4 Å². The fraction of sp³-hybridized carbons (Fsp3) is 0.0909. The molecule has 6 nitrogen and oxygen atoms in total. The number of ether oxygens (including phenoxy) is 2. The van der Waals surface area contributed by atoms with Gasteiger partial charge in [0.15, 0.2) is 6.61 Å². The van der Waals surface area contributed by atoms with Gasteiger partial charge in [-0.15, -0.1) is 0 Å². The summed E-state index contributed by atoms with van der Waals surface area (Å²) in [6.07, 6.45) is 0. The maximum absolute atomic E-state index is 12.5. The first-order valence-electron chi connectivity index (χ1n) is 8.94. The average molecular weight is 412 g/mol. The highest BCUT2D eigenvalue weighted by atomic mass is 19.3. The molecule has 2 N–H and O–H groups in total. The Morgan fingerprint density at radius 2 is 1.43 bits per heavy atom. The zero-order valence-electron chi connectivity index (χ0n) is 15.7. The largest absolute Gasteiger partial charge is 0.483 e. The fourth-order valence-corrected chi connectivity index (χ4v) is 2.56. The SMILES string of the molecule is O=C(COc1ccccc1C(=O)Nc1ccccc1)Nc1ccc(OC(F)F)cc1. The van der Waals surface area contributed by atoms with E-state index < -0.39 is 12.5 Å². The zero-order chi connectivity index (χ0) is 21.3. The lowest BCUT2D eigenvalue weighted by molar-refractivity contribution is -0.118. The number of nitrogens with one attached hydrogen (secondary N) is 2. The first-order chi connectivity index (χ1) is 14.5. The Balaban J connectivity index is 1.58. The zero-order valence-corrected chi connectivity index (χ0v) is 15.7. The summed E-state index contributed by atoms with van der Waals surface area (Å²) in [6.45, 7) is -3.26. The van der Waals surface area contributed by atoms with Crippen LogP contribution in [0, 0.1) is 0 Å². The van der Waals surface area contributed by atoms with Gasteiger partial charge in [0.2, 0.25) is 0 Å². The summed E-state index contributed by atoms with van der Waals surface area (Å²) >= 11 is 0. The van der Waals surface area contributed by atoms with Crippen molar-refractivity contribution in [2.75, 3.05) is 17.2 Å². The minimum atomic E-state index is -2.92. The van der Waals surface area contributed by atoms with Crippen molar-refractivity contribution < 1.29 is 27.8 Å². The van der Waals surface area contributed by atoms with Crippen LogP contribution in [0.1, 0.15) is 10.4 Å². The average Bonchev–Trinajstić information content (AvgIpc) is 2.74. The van der Waals surface area contributed by atoms with E-state index in [0.717, 1.165) is 0 Å². The van der Waals surface area contributed by atoms with Crippen molar-refractivity contribution in [1.82, 2.24) is 0 Å². The third-order valence-corrected chi connectivity index (χ3v) is 3.89. The van der Waals surface area contributed by atoms with Gasteiger partial charge in [-0.3, -0.25) is 9.59 Å². The Bertz CT molecular complexity index is 996. The Kier molecular flexibility index (Phi) is 6.94. The molecular weight excluding hydrogens is 394 g/mol. The second-order valence-corrected chi connectivity index (χ2v) is 6.06. The van der Waals surface area contributed by atoms with Crippen LogP contribution in [0.25, 0.3) is 0 Å². The van der Waals surface area contributed by atoms with E-state index in [9.17, 15) is 18.4 Å². The second-order valence-electron chi connectivity index (χ2n) is 6.06. The maximum Gasteiger partial charge on any atom is 0.387 e. The van der Waals surface area contributed by atoms with E-state index in [1.165, 1.54) is 24.3 Å². The summed E-state index contributed by atoms with van der Waals surface area (Å²) < 4.78 is 34.1. The summed E-state index contributed by atoms with van der Waals surface area (Å²) in [6, 6.07) is 21.0. The molecule has 2 amide bonds. The van der Waals surface area contributed by atoms with Crippen LogP contribution in [0.4, 0.5) is 20.2 Å². The first kappa shape index (κ1) is 20.8. The van der Waals surface area contributed by atoms with Crippen molar-refractivity contribution in [1.29, 1.82) is 0 Å². The molecule has 0 aliphatic carbocycles. The Morgan fingerprint density at radius 3 is 2.13 bits per heavy atom. The van der Waals surface area contributed by atoms with Gasteiger partial charge in [-0.1, -0.05) is 30.3 Å². The second kappa shape index (κ2) is 10.0. The van der Waals surface area contributed by atoms with Gasteiger partial charge >= 0.3 is 6.61 Å². The fourth-order valence-electron chi connectivity index (χ4n) is 2.56. The van der Waals surface area contributed by atoms with Gasteiger partial charge in [-0.25, -0.2) is 0 Å². The molecule has 0 bridgehead atoms. The quantitative estimate of drug-likeness (QED) is 0.569. The van der Waals surface area contributed by atoms with Gasteiger partial charge in [0.1, 0.15) is 11.5 Å². The lowest BCUT2D eigenvalue weighted by Gasteiger charge is -2.12. The standard InChI is InChI=1S/C22H18F2N2O4/c23-22(24)30-17-12-10-16(11-13-17)25-20(27)14-29-19-9-5-4-8-18(19)21(28)26-15-6-2-1-3-7-15/h1-13,22H,14H2,(H,25,27)(H,26,28). The van der Waals surface area contributed by atoms with Crippen LogP contribution in [-0.4, -0.2) is 25.0 Å². The van der Waals surface area contributed by atoms with E-state index in [1.807, 2.05) is 6.07 Å². The highest BCUT2D eigenvalue weighted by Crippen LogP contribution is 2.21. The molecule has 0 spiro atoms. The number of rotatable bonds is 8. The number of hydrogen-bond acceptors (Lipinski definition) is 4. The van der Waals surface area contributed by atoms with E-state index in [4.69, 9.17) is 4.74 Å². The molecule has 0 atom stereocenters. The molecule has 0 aliphatic rings. The lowest BCUT2D eigenvalue weighted by Crippen LogP contribution is -2.21. The van der Waals surface area contributed by atoms with Crippen LogP contribution in [0.2, 0.25) is 0 Å². The van der Waals surface area contributed by atoms with E-state index in [-0.39, 0.29) is 29.6 Å². The monoisotopic (exact) mass is 412 g/mol. The highest BCUT2D eigenvalue weighted by Gasteiger charge is 2.14. The molecule has 154 valence electrons. The molecule has 0 unspecified atom stereocenters. The molecule has 3 aromatic carbocycles. The van der Waals surface area contributed by atoms with Crippen LogP contribution >= 0.6 is 0 Å². The predicted octanol–water partition coefficient (Wildman–Crippen LogP) is 4.56. The number of carbonyl (C=O) groups is 2. The molecule has 30 heavy (non-hydrogen) atoms. The van der Waals surface area contributed by atoms with Crippen LogP contribution in [0.3, 0.4) is 0 Å². The minimum Gasteiger partial charge on any atom is -0.483 e. The molecule has 3 rings (SSSR count). The van der Waals surface area contributed by atoms with Crippen molar-refractivity contribution >= 4 is 23.2 Å². The van der Waals surface area contributed by atoms with E-state index >= 15 is 0 Å². The van der Waals surface area contributed by atoms with Crippen LogP contribution in [0.15, 0.2) is 78.9 Å².